The standard InChI is InChI=1S/C29H39N3O6S/c1-3-25(29(34)30-23-12-8-5-9-13-23)31(17-16-22-10-6-4-7-11-22)28(33)21-32(39(2,35)36)24-14-15-26-27(20-24)38-19-18-37-26/h4,6-7,10-11,14-15,20,23,25H,3,5,8-9,12-13,16-19,21H2,1-2H3,(H,30,34)/t25-/m1/s1. The summed E-state index contributed by atoms with van der Waals surface area (Å²) in [6.45, 7) is 2.51. The second kappa shape index (κ2) is 13.2. The highest BCUT2D eigenvalue weighted by Gasteiger charge is 2.33. The van der Waals surface area contributed by atoms with E-state index in [1.165, 1.54) is 6.42 Å². The van der Waals surface area contributed by atoms with Crippen LogP contribution >= 0.6 is 0 Å². The molecular formula is C29H39N3O6S. The summed E-state index contributed by atoms with van der Waals surface area (Å²) in [5.41, 5.74) is 1.34. The third-order valence-corrected chi connectivity index (χ3v) is 8.46. The van der Waals surface area contributed by atoms with Crippen molar-refractivity contribution in [2.45, 2.75) is 64.0 Å². The van der Waals surface area contributed by atoms with Gasteiger partial charge in [-0.3, -0.25) is 13.9 Å². The zero-order chi connectivity index (χ0) is 27.8. The molecule has 1 N–H and O–H groups in total. The number of sulfonamides is 1. The van der Waals surface area contributed by atoms with E-state index in [0.717, 1.165) is 41.8 Å². The van der Waals surface area contributed by atoms with E-state index in [0.29, 0.717) is 43.2 Å². The van der Waals surface area contributed by atoms with Crippen LogP contribution in [0.4, 0.5) is 5.69 Å². The number of carbonyl (C=O) groups excluding carboxylic acids is 2. The summed E-state index contributed by atoms with van der Waals surface area (Å²) in [6.07, 6.45) is 7.24. The lowest BCUT2D eigenvalue weighted by molar-refractivity contribution is -0.140. The van der Waals surface area contributed by atoms with Crippen LogP contribution in [-0.4, -0.2) is 69.8 Å². The molecule has 1 aliphatic heterocycles. The van der Waals surface area contributed by atoms with E-state index in [2.05, 4.69) is 5.32 Å². The van der Waals surface area contributed by atoms with Crippen LogP contribution in [0, 0.1) is 0 Å². The van der Waals surface area contributed by atoms with Crippen LogP contribution in [0.15, 0.2) is 48.5 Å². The number of hydrogen-bond donors (Lipinski definition) is 1. The molecular weight excluding hydrogens is 518 g/mol. The number of benzene rings is 2. The van der Waals surface area contributed by atoms with Gasteiger partial charge in [0.05, 0.1) is 11.9 Å². The van der Waals surface area contributed by atoms with Crippen molar-refractivity contribution in [2.75, 3.05) is 36.9 Å². The van der Waals surface area contributed by atoms with E-state index in [1.54, 1.807) is 23.1 Å². The van der Waals surface area contributed by atoms with Gasteiger partial charge in [0.15, 0.2) is 11.5 Å². The van der Waals surface area contributed by atoms with Crippen molar-refractivity contribution in [1.82, 2.24) is 10.2 Å². The molecule has 10 heteroatoms. The van der Waals surface area contributed by atoms with E-state index in [9.17, 15) is 18.0 Å². The van der Waals surface area contributed by atoms with Gasteiger partial charge in [-0.1, -0.05) is 56.5 Å². The molecule has 1 fully saturated rings. The number of nitrogens with zero attached hydrogens (tertiary/aromatic N) is 2. The molecule has 2 aromatic rings. The first-order valence-corrected chi connectivity index (χ1v) is 15.6. The van der Waals surface area contributed by atoms with Crippen LogP contribution in [0.1, 0.15) is 51.0 Å². The zero-order valence-electron chi connectivity index (χ0n) is 22.8. The second-order valence-corrected chi connectivity index (χ2v) is 12.1. The average Bonchev–Trinajstić information content (AvgIpc) is 2.94. The monoisotopic (exact) mass is 557 g/mol. The minimum atomic E-state index is -3.83. The number of ether oxygens (including phenoxy) is 2. The SMILES string of the molecule is CC[C@H](C(=O)NC1CCCCC1)N(CCc1ccccc1)C(=O)CN(c1ccc2c(c1)OCCO2)S(C)(=O)=O. The Morgan fingerprint density at radius 3 is 2.36 bits per heavy atom. The molecule has 0 saturated heterocycles. The predicted octanol–water partition coefficient (Wildman–Crippen LogP) is 3.52. The number of nitrogens with one attached hydrogen (secondary N) is 1. The maximum atomic E-state index is 13.9. The Bertz CT molecular complexity index is 1230. The molecule has 0 aromatic heterocycles. The molecule has 1 aliphatic carbocycles. The van der Waals surface area contributed by atoms with Crippen LogP contribution in [-0.2, 0) is 26.0 Å². The molecule has 0 spiro atoms. The van der Waals surface area contributed by atoms with Crippen molar-refractivity contribution in [1.29, 1.82) is 0 Å². The average molecular weight is 558 g/mol. The van der Waals surface area contributed by atoms with Gasteiger partial charge in [-0.2, -0.15) is 0 Å². The summed E-state index contributed by atoms with van der Waals surface area (Å²) in [5, 5.41) is 3.16. The minimum absolute atomic E-state index is 0.108. The smallest absolute Gasteiger partial charge is 0.244 e. The zero-order valence-corrected chi connectivity index (χ0v) is 23.6. The predicted molar refractivity (Wildman–Crippen MR) is 151 cm³/mol. The normalized spacial score (nSPS) is 16.3. The van der Waals surface area contributed by atoms with E-state index >= 15 is 0 Å². The highest BCUT2D eigenvalue weighted by molar-refractivity contribution is 7.92. The van der Waals surface area contributed by atoms with Crippen molar-refractivity contribution in [2.24, 2.45) is 0 Å². The van der Waals surface area contributed by atoms with Crippen LogP contribution in [0.5, 0.6) is 11.5 Å². The molecule has 0 radical (unpaired) electrons. The van der Waals surface area contributed by atoms with Gasteiger partial charge in [0.1, 0.15) is 25.8 Å². The molecule has 1 atom stereocenters. The molecule has 2 aromatic carbocycles. The fourth-order valence-corrected chi connectivity index (χ4v) is 6.08. The fraction of sp³-hybridized carbons (Fsp3) is 0.517. The van der Waals surface area contributed by atoms with Crippen LogP contribution < -0.4 is 19.1 Å². The number of anilines is 1. The maximum absolute atomic E-state index is 13.9. The largest absolute Gasteiger partial charge is 0.486 e. The second-order valence-electron chi connectivity index (χ2n) is 10.2. The van der Waals surface area contributed by atoms with Crippen LogP contribution in [0.2, 0.25) is 0 Å². The maximum Gasteiger partial charge on any atom is 0.244 e. The summed E-state index contributed by atoms with van der Waals surface area (Å²) < 4.78 is 38.0. The molecule has 1 heterocycles. The Balaban J connectivity index is 1.58. The molecule has 2 aliphatic rings. The molecule has 0 unspecified atom stereocenters. The Labute approximate surface area is 231 Å². The fourth-order valence-electron chi connectivity index (χ4n) is 5.24. The van der Waals surface area contributed by atoms with Gasteiger partial charge in [0.2, 0.25) is 21.8 Å². The Kier molecular flexibility index (Phi) is 9.72. The lowest BCUT2D eigenvalue weighted by Crippen LogP contribution is -2.54. The summed E-state index contributed by atoms with van der Waals surface area (Å²) in [4.78, 5) is 28.9. The molecule has 39 heavy (non-hydrogen) atoms. The summed E-state index contributed by atoms with van der Waals surface area (Å²) >= 11 is 0. The highest BCUT2D eigenvalue weighted by atomic mass is 32.2. The number of rotatable bonds is 11. The molecule has 9 nitrogen and oxygen atoms in total. The molecule has 0 bridgehead atoms. The topological polar surface area (TPSA) is 105 Å². The molecule has 2 amide bonds. The van der Waals surface area contributed by atoms with Crippen molar-refractivity contribution in [3.63, 3.8) is 0 Å². The lowest BCUT2D eigenvalue weighted by Gasteiger charge is -2.34. The van der Waals surface area contributed by atoms with Crippen LogP contribution in [0.3, 0.4) is 0 Å². The first-order chi connectivity index (χ1) is 18.8. The Morgan fingerprint density at radius 2 is 1.69 bits per heavy atom. The van der Waals surface area contributed by atoms with Crippen molar-refractivity contribution in [3.05, 3.63) is 54.1 Å². The van der Waals surface area contributed by atoms with Crippen molar-refractivity contribution >= 4 is 27.5 Å². The minimum Gasteiger partial charge on any atom is -0.486 e. The van der Waals surface area contributed by atoms with Crippen molar-refractivity contribution < 1.29 is 27.5 Å². The van der Waals surface area contributed by atoms with Gasteiger partial charge >= 0.3 is 0 Å². The van der Waals surface area contributed by atoms with Gasteiger partial charge < -0.3 is 19.7 Å². The lowest BCUT2D eigenvalue weighted by atomic mass is 9.95. The third kappa shape index (κ3) is 7.65. The van der Waals surface area contributed by atoms with Gasteiger partial charge in [-0.25, -0.2) is 8.42 Å². The number of fused-ring (bicyclic) bond motifs is 1. The first kappa shape index (κ1) is 28.7. The Hall–Kier alpha value is -3.27. The summed E-state index contributed by atoms with van der Waals surface area (Å²) in [6, 6.07) is 14.0. The van der Waals surface area contributed by atoms with Gasteiger partial charge in [0.25, 0.3) is 0 Å². The summed E-state index contributed by atoms with van der Waals surface area (Å²) in [7, 11) is -3.83. The Morgan fingerprint density at radius 1 is 1.00 bits per heavy atom. The quantitative estimate of drug-likeness (QED) is 0.453. The van der Waals surface area contributed by atoms with Crippen molar-refractivity contribution in [3.8, 4) is 11.5 Å². The van der Waals surface area contributed by atoms with Gasteiger partial charge in [0, 0.05) is 18.7 Å². The van der Waals surface area contributed by atoms with Gasteiger partial charge in [-0.15, -0.1) is 0 Å². The first-order valence-electron chi connectivity index (χ1n) is 13.8. The summed E-state index contributed by atoms with van der Waals surface area (Å²) in [5.74, 6) is 0.340. The molecule has 4 rings (SSSR count). The van der Waals surface area contributed by atoms with E-state index in [4.69, 9.17) is 9.47 Å². The number of carbonyl (C=O) groups is 2. The van der Waals surface area contributed by atoms with Crippen LogP contribution in [0.25, 0.3) is 0 Å². The van der Waals surface area contributed by atoms with E-state index < -0.39 is 28.5 Å². The molecule has 1 saturated carbocycles. The molecule has 212 valence electrons. The highest BCUT2D eigenvalue weighted by Crippen LogP contribution is 2.34. The van der Waals surface area contributed by atoms with Gasteiger partial charge in [-0.05, 0) is 43.4 Å². The van der Waals surface area contributed by atoms with E-state index in [1.807, 2.05) is 37.3 Å². The van der Waals surface area contributed by atoms with E-state index in [-0.39, 0.29) is 18.5 Å². The number of hydrogen-bond acceptors (Lipinski definition) is 6. The number of amides is 2. The third-order valence-electron chi connectivity index (χ3n) is 7.31.